The summed E-state index contributed by atoms with van der Waals surface area (Å²) >= 11 is 0. The summed E-state index contributed by atoms with van der Waals surface area (Å²) in [5.74, 6) is 0.493. The van der Waals surface area contributed by atoms with Gasteiger partial charge in [-0.1, -0.05) is 30.3 Å². The first-order valence-electron chi connectivity index (χ1n) is 8.69. The molecule has 0 spiro atoms. The van der Waals surface area contributed by atoms with Gasteiger partial charge in [0.25, 0.3) is 0 Å². The van der Waals surface area contributed by atoms with Crippen LogP contribution in [-0.4, -0.2) is 50.9 Å². The van der Waals surface area contributed by atoms with Crippen LogP contribution in [0.5, 0.6) is 5.75 Å². The van der Waals surface area contributed by atoms with Crippen molar-refractivity contribution in [2.24, 2.45) is 4.99 Å². The average Bonchev–Trinajstić information content (AvgIpc) is 2.78. The summed E-state index contributed by atoms with van der Waals surface area (Å²) in [6.45, 7) is 2.07. The lowest BCUT2D eigenvalue weighted by Crippen LogP contribution is -2.17. The molecule has 0 unspecified atom stereocenters. The summed E-state index contributed by atoms with van der Waals surface area (Å²) in [7, 11) is 5.48. The number of hydrogen-bond acceptors (Lipinski definition) is 5. The quantitative estimate of drug-likeness (QED) is 0.777. The van der Waals surface area contributed by atoms with E-state index in [9.17, 15) is 4.79 Å². The van der Waals surface area contributed by atoms with Gasteiger partial charge in [-0.25, -0.2) is 0 Å². The number of nitrogens with zero attached hydrogens (tertiary/aromatic N) is 2. The van der Waals surface area contributed by atoms with Crippen LogP contribution in [-0.2, 0) is 22.6 Å². The van der Waals surface area contributed by atoms with E-state index in [4.69, 9.17) is 14.5 Å². The van der Waals surface area contributed by atoms with Crippen molar-refractivity contribution < 1.29 is 14.3 Å². The Hall–Kier alpha value is -2.66. The molecule has 1 aliphatic rings. The van der Waals surface area contributed by atoms with Crippen LogP contribution >= 0.6 is 0 Å². The van der Waals surface area contributed by atoms with Gasteiger partial charge in [0.2, 0.25) is 0 Å². The monoisotopic (exact) mass is 352 g/mol. The van der Waals surface area contributed by atoms with Crippen LogP contribution in [0.15, 0.2) is 47.5 Å². The summed E-state index contributed by atoms with van der Waals surface area (Å²) in [6.07, 6.45) is 0.229. The molecule has 26 heavy (non-hydrogen) atoms. The van der Waals surface area contributed by atoms with E-state index in [-0.39, 0.29) is 12.4 Å². The van der Waals surface area contributed by atoms with E-state index in [1.807, 2.05) is 44.4 Å². The number of rotatable bonds is 5. The van der Waals surface area contributed by atoms with Gasteiger partial charge < -0.3 is 14.4 Å². The predicted octanol–water partition coefficient (Wildman–Crippen LogP) is 2.69. The van der Waals surface area contributed by atoms with Crippen molar-refractivity contribution in [2.45, 2.75) is 13.0 Å². The SMILES string of the molecule is COC(=O)Cc1ccc2c(c1)OCc1ccccc1/C2=N/CCN(C)C. The Morgan fingerprint density at radius 1 is 1.19 bits per heavy atom. The normalized spacial score (nSPS) is 14.4. The Kier molecular flexibility index (Phi) is 5.68. The zero-order valence-electron chi connectivity index (χ0n) is 15.5. The van der Waals surface area contributed by atoms with Gasteiger partial charge in [-0.3, -0.25) is 9.79 Å². The smallest absolute Gasteiger partial charge is 0.309 e. The largest absolute Gasteiger partial charge is 0.488 e. The number of methoxy groups -OCH3 is 1. The zero-order valence-corrected chi connectivity index (χ0v) is 15.5. The van der Waals surface area contributed by atoms with Crippen molar-refractivity contribution in [3.63, 3.8) is 0 Å². The first kappa shape index (κ1) is 18.1. The first-order chi connectivity index (χ1) is 12.6. The fourth-order valence-corrected chi connectivity index (χ4v) is 2.94. The van der Waals surface area contributed by atoms with Gasteiger partial charge in [-0.15, -0.1) is 0 Å². The van der Waals surface area contributed by atoms with E-state index in [0.29, 0.717) is 13.2 Å². The third-order valence-electron chi connectivity index (χ3n) is 4.35. The zero-order chi connectivity index (χ0) is 18.5. The molecule has 5 nitrogen and oxygen atoms in total. The van der Waals surface area contributed by atoms with Crippen LogP contribution < -0.4 is 4.74 Å². The molecule has 0 saturated carbocycles. The minimum atomic E-state index is -0.262. The van der Waals surface area contributed by atoms with Crippen LogP contribution in [0.4, 0.5) is 0 Å². The first-order valence-corrected chi connectivity index (χ1v) is 8.69. The Labute approximate surface area is 154 Å². The fraction of sp³-hybridized carbons (Fsp3) is 0.333. The minimum absolute atomic E-state index is 0.229. The van der Waals surface area contributed by atoms with Crippen molar-refractivity contribution in [3.05, 3.63) is 64.7 Å². The average molecular weight is 352 g/mol. The lowest BCUT2D eigenvalue weighted by atomic mass is 9.97. The van der Waals surface area contributed by atoms with Gasteiger partial charge in [-0.2, -0.15) is 0 Å². The van der Waals surface area contributed by atoms with Crippen molar-refractivity contribution in [1.82, 2.24) is 4.90 Å². The van der Waals surface area contributed by atoms with Gasteiger partial charge >= 0.3 is 5.97 Å². The van der Waals surface area contributed by atoms with E-state index in [1.54, 1.807) is 0 Å². The second-order valence-corrected chi connectivity index (χ2v) is 6.56. The molecule has 1 aliphatic heterocycles. The summed E-state index contributed by atoms with van der Waals surface area (Å²) in [6, 6.07) is 14.0. The maximum Gasteiger partial charge on any atom is 0.309 e. The van der Waals surface area contributed by atoms with Crippen LogP contribution in [0.1, 0.15) is 22.3 Å². The Balaban J connectivity index is 2.01. The highest BCUT2D eigenvalue weighted by Gasteiger charge is 2.21. The predicted molar refractivity (Wildman–Crippen MR) is 102 cm³/mol. The number of fused-ring (bicyclic) bond motifs is 2. The number of aliphatic imine (C=N–C) groups is 1. The number of likely N-dealkylation sites (N-methyl/N-ethyl adjacent to an activating group) is 1. The molecular weight excluding hydrogens is 328 g/mol. The Morgan fingerprint density at radius 3 is 2.77 bits per heavy atom. The summed E-state index contributed by atoms with van der Waals surface area (Å²) in [5.41, 5.74) is 4.99. The van der Waals surface area contributed by atoms with Crippen molar-refractivity contribution in [3.8, 4) is 5.75 Å². The maximum absolute atomic E-state index is 11.6. The number of benzene rings is 2. The van der Waals surface area contributed by atoms with E-state index < -0.39 is 0 Å². The number of esters is 1. The van der Waals surface area contributed by atoms with Crippen LogP contribution in [0, 0.1) is 0 Å². The third-order valence-corrected chi connectivity index (χ3v) is 4.35. The number of carbonyl (C=O) groups excluding carboxylic acids is 1. The molecule has 2 aromatic carbocycles. The molecule has 0 atom stereocenters. The number of hydrogen-bond donors (Lipinski definition) is 0. The van der Waals surface area contributed by atoms with Gasteiger partial charge in [0.15, 0.2) is 0 Å². The maximum atomic E-state index is 11.6. The highest BCUT2D eigenvalue weighted by atomic mass is 16.5. The fourth-order valence-electron chi connectivity index (χ4n) is 2.94. The van der Waals surface area contributed by atoms with Crippen molar-refractivity contribution >= 4 is 11.7 Å². The van der Waals surface area contributed by atoms with Gasteiger partial charge in [-0.05, 0) is 37.4 Å². The summed E-state index contributed by atoms with van der Waals surface area (Å²) in [5, 5.41) is 0. The van der Waals surface area contributed by atoms with E-state index in [0.717, 1.165) is 40.3 Å². The molecule has 0 aliphatic carbocycles. The van der Waals surface area contributed by atoms with E-state index >= 15 is 0 Å². The standard InChI is InChI=1S/C21H24N2O3/c1-23(2)11-10-22-21-17-7-5-4-6-16(17)14-26-19-12-15(8-9-18(19)21)13-20(24)25-3/h4-9,12H,10-11,13-14H2,1-3H3/b22-21-. The second kappa shape index (κ2) is 8.15. The highest BCUT2D eigenvalue weighted by molar-refractivity contribution is 6.15. The van der Waals surface area contributed by atoms with Crippen LogP contribution in [0.2, 0.25) is 0 Å². The number of ether oxygens (including phenoxy) is 2. The molecule has 5 heteroatoms. The van der Waals surface area contributed by atoms with Gasteiger partial charge in [0, 0.05) is 17.7 Å². The van der Waals surface area contributed by atoms with Crippen LogP contribution in [0.3, 0.4) is 0 Å². The molecule has 1 heterocycles. The van der Waals surface area contributed by atoms with Gasteiger partial charge in [0.1, 0.15) is 12.4 Å². The Bertz CT molecular complexity index is 828. The van der Waals surface area contributed by atoms with Crippen molar-refractivity contribution in [1.29, 1.82) is 0 Å². The molecule has 0 fully saturated rings. The highest BCUT2D eigenvalue weighted by Crippen LogP contribution is 2.30. The molecule has 0 bridgehead atoms. The van der Waals surface area contributed by atoms with E-state index in [1.165, 1.54) is 7.11 Å². The molecule has 2 aromatic rings. The Morgan fingerprint density at radius 2 is 2.00 bits per heavy atom. The van der Waals surface area contributed by atoms with Crippen molar-refractivity contribution in [2.75, 3.05) is 34.3 Å². The molecule has 0 amide bonds. The molecule has 0 radical (unpaired) electrons. The lowest BCUT2D eigenvalue weighted by molar-refractivity contribution is -0.139. The molecule has 0 saturated heterocycles. The molecule has 0 N–H and O–H groups in total. The topological polar surface area (TPSA) is 51.1 Å². The van der Waals surface area contributed by atoms with Crippen LogP contribution in [0.25, 0.3) is 0 Å². The minimum Gasteiger partial charge on any atom is -0.488 e. The van der Waals surface area contributed by atoms with E-state index in [2.05, 4.69) is 17.0 Å². The molecule has 3 rings (SSSR count). The number of carbonyl (C=O) groups is 1. The molecule has 0 aromatic heterocycles. The molecule has 136 valence electrons. The second-order valence-electron chi connectivity index (χ2n) is 6.56. The summed E-state index contributed by atoms with van der Waals surface area (Å²) < 4.78 is 10.8. The molecular formula is C21H24N2O3. The lowest BCUT2D eigenvalue weighted by Gasteiger charge is -2.12. The van der Waals surface area contributed by atoms with Gasteiger partial charge in [0.05, 0.1) is 25.8 Å². The summed E-state index contributed by atoms with van der Waals surface area (Å²) in [4.78, 5) is 18.6. The third kappa shape index (κ3) is 4.11.